The van der Waals surface area contributed by atoms with E-state index in [1.54, 1.807) is 0 Å². The number of ether oxygens (including phenoxy) is 1. The van der Waals surface area contributed by atoms with Crippen molar-refractivity contribution in [2.24, 2.45) is 5.92 Å². The number of likely N-dealkylation sites (tertiary alicyclic amines) is 1. The fourth-order valence-electron chi connectivity index (χ4n) is 4.66. The Balaban J connectivity index is 0.00000156. The normalized spacial score (nSPS) is 35.0. The first-order valence-corrected chi connectivity index (χ1v) is 8.91. The highest BCUT2D eigenvalue weighted by molar-refractivity contribution is 5.85. The molecule has 128 valence electrons. The summed E-state index contributed by atoms with van der Waals surface area (Å²) in [5, 5.41) is 0. The summed E-state index contributed by atoms with van der Waals surface area (Å²) in [5.41, 5.74) is 1.94. The lowest BCUT2D eigenvalue weighted by atomic mass is 10.0. The van der Waals surface area contributed by atoms with Gasteiger partial charge >= 0.3 is 0 Å². The highest BCUT2D eigenvalue weighted by Gasteiger charge is 2.56. The van der Waals surface area contributed by atoms with Gasteiger partial charge in [0.05, 0.1) is 13.2 Å². The maximum absolute atomic E-state index is 5.56. The Bertz CT molecular complexity index is 505. The van der Waals surface area contributed by atoms with E-state index in [4.69, 9.17) is 4.74 Å². The molecule has 4 heteroatoms. The van der Waals surface area contributed by atoms with Crippen molar-refractivity contribution in [3.8, 4) is 0 Å². The number of hydrogen-bond donors (Lipinski definition) is 0. The third-order valence-corrected chi connectivity index (χ3v) is 6.08. The van der Waals surface area contributed by atoms with Crippen LogP contribution in [-0.4, -0.2) is 54.7 Å². The second kappa shape index (κ2) is 7.10. The Morgan fingerprint density at radius 3 is 2.48 bits per heavy atom. The molecule has 1 aliphatic carbocycles. The van der Waals surface area contributed by atoms with Gasteiger partial charge in [0.15, 0.2) is 0 Å². The molecule has 1 saturated carbocycles. The Morgan fingerprint density at radius 2 is 1.83 bits per heavy atom. The zero-order valence-electron chi connectivity index (χ0n) is 14.1. The summed E-state index contributed by atoms with van der Waals surface area (Å²) in [6.07, 6.45) is 4.02. The van der Waals surface area contributed by atoms with Crippen LogP contribution < -0.4 is 0 Å². The standard InChI is InChI=1S/C19H28N2O.ClH/c1-16-14-19(16,21-10-12-22-13-11-21)15-20-9-5-8-18(20)17-6-3-2-4-7-17;/h2-4,6-7,16,18H,5,8-15H2,1H3;1H. The summed E-state index contributed by atoms with van der Waals surface area (Å²) in [4.78, 5) is 5.48. The third kappa shape index (κ3) is 3.30. The van der Waals surface area contributed by atoms with Crippen LogP contribution in [0.1, 0.15) is 37.8 Å². The minimum atomic E-state index is 0. The molecule has 3 nitrogen and oxygen atoms in total. The van der Waals surface area contributed by atoms with Gasteiger partial charge in [0.25, 0.3) is 0 Å². The molecule has 23 heavy (non-hydrogen) atoms. The summed E-state index contributed by atoms with van der Waals surface area (Å²) >= 11 is 0. The van der Waals surface area contributed by atoms with Crippen LogP contribution in [0.3, 0.4) is 0 Å². The van der Waals surface area contributed by atoms with Crippen molar-refractivity contribution in [3.63, 3.8) is 0 Å². The molecule has 3 aliphatic rings. The molecule has 0 bridgehead atoms. The molecule has 0 spiro atoms. The average Bonchev–Trinajstić information content (AvgIpc) is 3.01. The van der Waals surface area contributed by atoms with Crippen LogP contribution >= 0.6 is 12.4 Å². The summed E-state index contributed by atoms with van der Waals surface area (Å²) in [6.45, 7) is 9.00. The van der Waals surface area contributed by atoms with Crippen LogP contribution in [0.15, 0.2) is 30.3 Å². The van der Waals surface area contributed by atoms with E-state index in [0.29, 0.717) is 11.6 Å². The molecule has 0 aromatic heterocycles. The highest BCUT2D eigenvalue weighted by atomic mass is 35.5. The summed E-state index contributed by atoms with van der Waals surface area (Å²) < 4.78 is 5.56. The van der Waals surface area contributed by atoms with Crippen molar-refractivity contribution < 1.29 is 4.74 Å². The number of morpholine rings is 1. The summed E-state index contributed by atoms with van der Waals surface area (Å²) in [7, 11) is 0. The molecule has 3 atom stereocenters. The first-order valence-electron chi connectivity index (χ1n) is 8.91. The van der Waals surface area contributed by atoms with Gasteiger partial charge in [-0.15, -0.1) is 12.4 Å². The van der Waals surface area contributed by atoms with Crippen LogP contribution in [0, 0.1) is 5.92 Å². The van der Waals surface area contributed by atoms with Crippen molar-refractivity contribution in [3.05, 3.63) is 35.9 Å². The number of rotatable bonds is 4. The molecule has 3 fully saturated rings. The lowest BCUT2D eigenvalue weighted by molar-refractivity contribution is -0.00530. The van der Waals surface area contributed by atoms with Gasteiger partial charge in [-0.25, -0.2) is 0 Å². The van der Waals surface area contributed by atoms with E-state index in [0.717, 1.165) is 32.2 Å². The highest BCUT2D eigenvalue weighted by Crippen LogP contribution is 2.50. The van der Waals surface area contributed by atoms with Gasteiger partial charge < -0.3 is 4.74 Å². The van der Waals surface area contributed by atoms with Gasteiger partial charge in [0.2, 0.25) is 0 Å². The van der Waals surface area contributed by atoms with Gasteiger partial charge in [-0.1, -0.05) is 37.3 Å². The molecular weight excluding hydrogens is 308 g/mol. The van der Waals surface area contributed by atoms with Gasteiger partial charge in [-0.3, -0.25) is 9.80 Å². The number of hydrogen-bond acceptors (Lipinski definition) is 3. The van der Waals surface area contributed by atoms with Gasteiger partial charge in [-0.05, 0) is 37.3 Å². The lowest BCUT2D eigenvalue weighted by Gasteiger charge is -2.39. The molecule has 0 radical (unpaired) electrons. The van der Waals surface area contributed by atoms with Crippen LogP contribution in [0.25, 0.3) is 0 Å². The Labute approximate surface area is 146 Å². The third-order valence-electron chi connectivity index (χ3n) is 6.08. The van der Waals surface area contributed by atoms with Crippen molar-refractivity contribution in [2.75, 3.05) is 39.4 Å². The molecule has 2 aliphatic heterocycles. The molecule has 2 saturated heterocycles. The molecule has 3 unspecified atom stereocenters. The smallest absolute Gasteiger partial charge is 0.0594 e. The van der Waals surface area contributed by atoms with Crippen LogP contribution in [-0.2, 0) is 4.74 Å². The van der Waals surface area contributed by atoms with E-state index in [-0.39, 0.29) is 12.4 Å². The molecule has 1 aromatic rings. The second-order valence-corrected chi connectivity index (χ2v) is 7.35. The van der Waals surface area contributed by atoms with Crippen molar-refractivity contribution in [1.82, 2.24) is 9.80 Å². The molecule has 2 heterocycles. The molecular formula is C19H29ClN2O. The van der Waals surface area contributed by atoms with E-state index in [2.05, 4.69) is 47.1 Å². The van der Waals surface area contributed by atoms with Crippen LogP contribution in [0.4, 0.5) is 0 Å². The fourth-order valence-corrected chi connectivity index (χ4v) is 4.66. The second-order valence-electron chi connectivity index (χ2n) is 7.35. The first-order chi connectivity index (χ1) is 10.8. The monoisotopic (exact) mass is 336 g/mol. The molecule has 0 N–H and O–H groups in total. The minimum absolute atomic E-state index is 0. The van der Waals surface area contributed by atoms with Crippen molar-refractivity contribution in [2.45, 2.75) is 37.8 Å². The van der Waals surface area contributed by atoms with Gasteiger partial charge in [0.1, 0.15) is 0 Å². The summed E-state index contributed by atoms with van der Waals surface area (Å²) in [5.74, 6) is 0.836. The molecule has 0 amide bonds. The Hall–Kier alpha value is -0.610. The number of nitrogens with zero attached hydrogens (tertiary/aromatic N) is 2. The predicted molar refractivity (Wildman–Crippen MR) is 96.1 cm³/mol. The zero-order chi connectivity index (χ0) is 15.0. The van der Waals surface area contributed by atoms with E-state index in [1.807, 2.05) is 0 Å². The first kappa shape index (κ1) is 17.2. The van der Waals surface area contributed by atoms with Crippen molar-refractivity contribution in [1.29, 1.82) is 0 Å². The van der Waals surface area contributed by atoms with Gasteiger partial charge in [0, 0.05) is 31.2 Å². The maximum Gasteiger partial charge on any atom is 0.0594 e. The fraction of sp³-hybridized carbons (Fsp3) is 0.684. The Kier molecular flexibility index (Phi) is 5.32. The quantitative estimate of drug-likeness (QED) is 0.838. The van der Waals surface area contributed by atoms with Crippen LogP contribution in [0.2, 0.25) is 0 Å². The topological polar surface area (TPSA) is 15.7 Å². The Morgan fingerprint density at radius 1 is 1.13 bits per heavy atom. The average molecular weight is 337 g/mol. The number of halogens is 1. The van der Waals surface area contributed by atoms with Gasteiger partial charge in [-0.2, -0.15) is 0 Å². The van der Waals surface area contributed by atoms with E-state index >= 15 is 0 Å². The largest absolute Gasteiger partial charge is 0.379 e. The lowest BCUT2D eigenvalue weighted by Crippen LogP contribution is -2.51. The zero-order valence-corrected chi connectivity index (χ0v) is 14.9. The van der Waals surface area contributed by atoms with Crippen LogP contribution in [0.5, 0.6) is 0 Å². The van der Waals surface area contributed by atoms with E-state index in [1.165, 1.54) is 37.9 Å². The maximum atomic E-state index is 5.56. The molecule has 4 rings (SSSR count). The van der Waals surface area contributed by atoms with Crippen molar-refractivity contribution >= 4 is 12.4 Å². The minimum Gasteiger partial charge on any atom is -0.379 e. The summed E-state index contributed by atoms with van der Waals surface area (Å²) in [6, 6.07) is 11.7. The van der Waals surface area contributed by atoms with E-state index < -0.39 is 0 Å². The molecule has 1 aromatic carbocycles. The number of benzene rings is 1. The van der Waals surface area contributed by atoms with E-state index in [9.17, 15) is 0 Å². The SMILES string of the molecule is CC1CC1(CN1CCCC1c1ccccc1)N1CCOCC1.Cl. The predicted octanol–water partition coefficient (Wildman–Crippen LogP) is 3.36.